The van der Waals surface area contributed by atoms with Crippen LogP contribution in [0.4, 0.5) is 0 Å². The van der Waals surface area contributed by atoms with Crippen molar-refractivity contribution in [2.24, 2.45) is 0 Å². The lowest BCUT2D eigenvalue weighted by atomic mass is 10.1. The van der Waals surface area contributed by atoms with Gasteiger partial charge in [-0.3, -0.25) is 0 Å². The molecule has 0 spiro atoms. The summed E-state index contributed by atoms with van der Waals surface area (Å²) < 4.78 is 7.86. The van der Waals surface area contributed by atoms with Crippen molar-refractivity contribution in [1.82, 2.24) is 14.8 Å². The van der Waals surface area contributed by atoms with Gasteiger partial charge in [0.2, 0.25) is 0 Å². The van der Waals surface area contributed by atoms with E-state index in [1.165, 1.54) is 5.56 Å². The van der Waals surface area contributed by atoms with Gasteiger partial charge in [-0.2, -0.15) is 5.26 Å². The van der Waals surface area contributed by atoms with Gasteiger partial charge in [0.15, 0.2) is 11.0 Å². The third-order valence-electron chi connectivity index (χ3n) is 3.99. The molecule has 6 heteroatoms. The van der Waals surface area contributed by atoms with Crippen LogP contribution in [0.25, 0.3) is 11.4 Å². The molecule has 0 aliphatic heterocycles. The van der Waals surface area contributed by atoms with E-state index in [-0.39, 0.29) is 0 Å². The first-order valence-corrected chi connectivity index (χ1v) is 9.46. The molecule has 0 saturated heterocycles. The van der Waals surface area contributed by atoms with Gasteiger partial charge in [0.25, 0.3) is 0 Å². The molecule has 0 saturated carbocycles. The lowest BCUT2D eigenvalue weighted by Gasteiger charge is -2.09. The predicted molar refractivity (Wildman–Crippen MR) is 103 cm³/mol. The number of hydrogen-bond donors (Lipinski definition) is 0. The Hall–Kier alpha value is -2.78. The summed E-state index contributed by atoms with van der Waals surface area (Å²) in [6.45, 7) is 5.56. The van der Waals surface area contributed by atoms with Gasteiger partial charge in [-0.15, -0.1) is 10.2 Å². The molecule has 0 radical (unpaired) electrons. The summed E-state index contributed by atoms with van der Waals surface area (Å²) >= 11 is 1.63. The Morgan fingerprint density at radius 2 is 1.88 bits per heavy atom. The molecule has 1 aromatic heterocycles. The Labute approximate surface area is 157 Å². The second-order valence-corrected chi connectivity index (χ2v) is 6.76. The molecule has 0 fully saturated rings. The number of thioether (sulfide) groups is 1. The SMILES string of the molecule is CCn1c(SCCOc2ccc(C#N)cc2)nnc1-c1ccccc1C. The van der Waals surface area contributed by atoms with E-state index in [0.29, 0.717) is 12.2 Å². The lowest BCUT2D eigenvalue weighted by molar-refractivity contribution is 0.344. The molecule has 5 nitrogen and oxygen atoms in total. The van der Waals surface area contributed by atoms with Gasteiger partial charge >= 0.3 is 0 Å². The van der Waals surface area contributed by atoms with Gasteiger partial charge in [0.1, 0.15) is 5.75 Å². The summed E-state index contributed by atoms with van der Waals surface area (Å²) in [6, 6.07) is 17.4. The van der Waals surface area contributed by atoms with Crippen LogP contribution in [0.3, 0.4) is 0 Å². The highest BCUT2D eigenvalue weighted by Crippen LogP contribution is 2.26. The van der Waals surface area contributed by atoms with E-state index in [4.69, 9.17) is 10.00 Å². The van der Waals surface area contributed by atoms with Crippen LogP contribution in [0.1, 0.15) is 18.1 Å². The van der Waals surface area contributed by atoms with Crippen LogP contribution in [0.15, 0.2) is 53.7 Å². The molecule has 26 heavy (non-hydrogen) atoms. The summed E-state index contributed by atoms with van der Waals surface area (Å²) in [6.07, 6.45) is 0. The van der Waals surface area contributed by atoms with Crippen molar-refractivity contribution < 1.29 is 4.74 Å². The second-order valence-electron chi connectivity index (χ2n) is 5.70. The standard InChI is InChI=1S/C20H20N4OS/c1-3-24-19(18-7-5-4-6-15(18)2)22-23-20(24)26-13-12-25-17-10-8-16(14-21)9-11-17/h4-11H,3,12-13H2,1-2H3. The molecule has 1 heterocycles. The van der Waals surface area contributed by atoms with E-state index in [1.807, 2.05) is 24.3 Å². The summed E-state index contributed by atoms with van der Waals surface area (Å²) in [5.41, 5.74) is 2.93. The number of aryl methyl sites for hydroxylation is 1. The fourth-order valence-electron chi connectivity index (χ4n) is 2.62. The number of nitriles is 1. The molecule has 0 aliphatic carbocycles. The van der Waals surface area contributed by atoms with Crippen LogP contribution in [0, 0.1) is 18.3 Å². The molecular weight excluding hydrogens is 344 g/mol. The van der Waals surface area contributed by atoms with Crippen molar-refractivity contribution in [3.63, 3.8) is 0 Å². The van der Waals surface area contributed by atoms with E-state index in [0.717, 1.165) is 34.6 Å². The summed E-state index contributed by atoms with van der Waals surface area (Å²) in [5.74, 6) is 2.44. The smallest absolute Gasteiger partial charge is 0.191 e. The van der Waals surface area contributed by atoms with Gasteiger partial charge < -0.3 is 9.30 Å². The van der Waals surface area contributed by atoms with Gasteiger partial charge in [0.05, 0.1) is 18.2 Å². The highest BCUT2D eigenvalue weighted by molar-refractivity contribution is 7.99. The Balaban J connectivity index is 1.62. The summed E-state index contributed by atoms with van der Waals surface area (Å²) in [7, 11) is 0. The zero-order valence-corrected chi connectivity index (χ0v) is 15.7. The highest BCUT2D eigenvalue weighted by atomic mass is 32.2. The van der Waals surface area contributed by atoms with Crippen molar-refractivity contribution in [2.75, 3.05) is 12.4 Å². The van der Waals surface area contributed by atoms with E-state index < -0.39 is 0 Å². The lowest BCUT2D eigenvalue weighted by Crippen LogP contribution is -2.04. The van der Waals surface area contributed by atoms with E-state index in [2.05, 4.69) is 46.8 Å². The Morgan fingerprint density at radius 1 is 1.12 bits per heavy atom. The minimum atomic E-state index is 0.562. The monoisotopic (exact) mass is 364 g/mol. The third-order valence-corrected chi connectivity index (χ3v) is 4.92. The Morgan fingerprint density at radius 3 is 2.58 bits per heavy atom. The van der Waals surface area contributed by atoms with Crippen molar-refractivity contribution in [3.8, 4) is 23.2 Å². The minimum absolute atomic E-state index is 0.562. The normalized spacial score (nSPS) is 10.5. The van der Waals surface area contributed by atoms with Crippen LogP contribution in [-0.4, -0.2) is 27.1 Å². The fraction of sp³-hybridized carbons (Fsp3) is 0.250. The topological polar surface area (TPSA) is 63.7 Å². The van der Waals surface area contributed by atoms with E-state index in [1.54, 1.807) is 23.9 Å². The van der Waals surface area contributed by atoms with Crippen LogP contribution in [0.5, 0.6) is 5.75 Å². The molecule has 0 N–H and O–H groups in total. The average Bonchev–Trinajstić information content (AvgIpc) is 3.08. The molecular formula is C20H20N4OS. The Bertz CT molecular complexity index is 912. The molecule has 3 aromatic rings. The number of aromatic nitrogens is 3. The first-order chi connectivity index (χ1) is 12.7. The molecule has 0 atom stereocenters. The van der Waals surface area contributed by atoms with E-state index in [9.17, 15) is 0 Å². The molecule has 2 aromatic carbocycles. The van der Waals surface area contributed by atoms with Crippen molar-refractivity contribution in [1.29, 1.82) is 5.26 Å². The number of rotatable bonds is 7. The highest BCUT2D eigenvalue weighted by Gasteiger charge is 2.14. The van der Waals surface area contributed by atoms with Crippen LogP contribution >= 0.6 is 11.8 Å². The van der Waals surface area contributed by atoms with E-state index >= 15 is 0 Å². The van der Waals surface area contributed by atoms with Gasteiger partial charge in [-0.25, -0.2) is 0 Å². The van der Waals surface area contributed by atoms with Crippen molar-refractivity contribution >= 4 is 11.8 Å². The second kappa shape index (κ2) is 8.54. The minimum Gasteiger partial charge on any atom is -0.493 e. The molecule has 0 amide bonds. The quantitative estimate of drug-likeness (QED) is 0.461. The molecule has 0 bridgehead atoms. The summed E-state index contributed by atoms with van der Waals surface area (Å²) in [4.78, 5) is 0. The number of benzene rings is 2. The fourth-order valence-corrected chi connectivity index (χ4v) is 3.44. The third kappa shape index (κ3) is 4.06. The van der Waals surface area contributed by atoms with Crippen LogP contribution < -0.4 is 4.74 Å². The van der Waals surface area contributed by atoms with Crippen molar-refractivity contribution in [3.05, 3.63) is 59.7 Å². The zero-order valence-electron chi connectivity index (χ0n) is 14.8. The average molecular weight is 364 g/mol. The first-order valence-electron chi connectivity index (χ1n) is 8.48. The number of hydrogen-bond acceptors (Lipinski definition) is 5. The molecule has 0 unspecified atom stereocenters. The van der Waals surface area contributed by atoms with Crippen molar-refractivity contribution in [2.45, 2.75) is 25.5 Å². The largest absolute Gasteiger partial charge is 0.493 e. The first kappa shape index (κ1) is 18.0. The van der Waals surface area contributed by atoms with Crippen LogP contribution in [0.2, 0.25) is 0 Å². The predicted octanol–water partition coefficient (Wildman–Crippen LogP) is 4.32. The molecule has 3 rings (SSSR count). The number of ether oxygens (including phenoxy) is 1. The molecule has 0 aliphatic rings. The Kier molecular flexibility index (Phi) is 5.92. The van der Waals surface area contributed by atoms with Gasteiger partial charge in [-0.1, -0.05) is 36.0 Å². The van der Waals surface area contributed by atoms with Crippen LogP contribution in [-0.2, 0) is 6.54 Å². The number of nitrogens with zero attached hydrogens (tertiary/aromatic N) is 4. The zero-order chi connectivity index (χ0) is 18.4. The van der Waals surface area contributed by atoms with Gasteiger partial charge in [0, 0.05) is 17.9 Å². The van der Waals surface area contributed by atoms with Gasteiger partial charge in [-0.05, 0) is 43.7 Å². The maximum absolute atomic E-state index is 8.81. The maximum Gasteiger partial charge on any atom is 0.191 e. The molecule has 132 valence electrons. The maximum atomic E-state index is 8.81. The summed E-state index contributed by atoms with van der Waals surface area (Å²) in [5, 5.41) is 18.5.